The van der Waals surface area contributed by atoms with Crippen molar-refractivity contribution >= 4 is 26.7 Å². The lowest BCUT2D eigenvalue weighted by Gasteiger charge is -2.05. The fourth-order valence-corrected chi connectivity index (χ4v) is 4.39. The maximum atomic E-state index is 13.0. The Balaban J connectivity index is 1.79. The van der Waals surface area contributed by atoms with Crippen LogP contribution in [0.2, 0.25) is 0 Å². The molecule has 2 aromatic heterocycles. The Morgan fingerprint density at radius 3 is 2.68 bits per heavy atom. The van der Waals surface area contributed by atoms with Crippen LogP contribution in [0, 0.1) is 11.8 Å². The first kappa shape index (κ1) is 15.9. The van der Waals surface area contributed by atoms with Crippen LogP contribution in [0.4, 0.5) is 5.82 Å². The highest BCUT2D eigenvalue weighted by atomic mass is 32.2. The van der Waals surface area contributed by atoms with Gasteiger partial charge in [-0.05, 0) is 30.4 Å². The van der Waals surface area contributed by atoms with Gasteiger partial charge in [0.2, 0.25) is 15.7 Å². The molecule has 0 radical (unpaired) electrons. The number of hydrogen-bond acceptors (Lipinski definition) is 6. The van der Waals surface area contributed by atoms with E-state index >= 15 is 0 Å². The Labute approximate surface area is 145 Å². The molecule has 8 heteroatoms. The zero-order chi connectivity index (χ0) is 17.6. The van der Waals surface area contributed by atoms with Crippen LogP contribution in [0.15, 0.2) is 46.5 Å². The fraction of sp³-hybridized carbons (Fsp3) is 0.294. The van der Waals surface area contributed by atoms with E-state index in [2.05, 4.69) is 21.9 Å². The highest BCUT2D eigenvalue weighted by Crippen LogP contribution is 2.39. The molecule has 1 aliphatic rings. The highest BCUT2D eigenvalue weighted by molar-refractivity contribution is 7.92. The molecule has 3 N–H and O–H groups in total. The van der Waals surface area contributed by atoms with Crippen molar-refractivity contribution in [1.29, 1.82) is 0 Å². The first-order valence-electron chi connectivity index (χ1n) is 8.03. The molecule has 1 aromatic carbocycles. The van der Waals surface area contributed by atoms with Crippen molar-refractivity contribution in [2.24, 2.45) is 11.8 Å². The van der Waals surface area contributed by atoms with Gasteiger partial charge in [0, 0.05) is 0 Å². The minimum Gasteiger partial charge on any atom is -0.476 e. The number of benzene rings is 1. The molecular formula is C17H18N4O3S. The molecule has 2 heterocycles. The zero-order valence-electron chi connectivity index (χ0n) is 13.6. The van der Waals surface area contributed by atoms with Gasteiger partial charge in [-0.2, -0.15) is 4.98 Å². The largest absolute Gasteiger partial charge is 0.476 e. The Bertz CT molecular complexity index is 1030. The van der Waals surface area contributed by atoms with Gasteiger partial charge in [-0.15, -0.1) is 0 Å². The van der Waals surface area contributed by atoms with Crippen molar-refractivity contribution in [2.45, 2.75) is 23.1 Å². The smallest absolute Gasteiger partial charge is 0.241 e. The molecule has 1 fully saturated rings. The van der Waals surface area contributed by atoms with Gasteiger partial charge in [0.15, 0.2) is 0 Å². The molecule has 130 valence electrons. The van der Waals surface area contributed by atoms with Gasteiger partial charge in [0.1, 0.15) is 28.1 Å². The minimum absolute atomic E-state index is 0.0315. The van der Waals surface area contributed by atoms with Crippen LogP contribution < -0.4 is 10.5 Å². The number of H-pyrrole nitrogens is 1. The van der Waals surface area contributed by atoms with Crippen molar-refractivity contribution in [2.75, 3.05) is 12.3 Å². The maximum Gasteiger partial charge on any atom is 0.241 e. The number of sulfone groups is 1. The molecular weight excluding hydrogens is 340 g/mol. The monoisotopic (exact) mass is 358 g/mol. The Morgan fingerprint density at radius 2 is 2.00 bits per heavy atom. The first-order chi connectivity index (χ1) is 12.0. The van der Waals surface area contributed by atoms with Gasteiger partial charge in [0.05, 0.1) is 11.5 Å². The van der Waals surface area contributed by atoms with E-state index in [9.17, 15) is 8.42 Å². The summed E-state index contributed by atoms with van der Waals surface area (Å²) in [5.74, 6) is 1.53. The second-order valence-electron chi connectivity index (χ2n) is 6.37. The molecule has 25 heavy (non-hydrogen) atoms. The summed E-state index contributed by atoms with van der Waals surface area (Å²) in [6, 6.07) is 8.14. The topological polar surface area (TPSA) is 111 Å². The predicted octanol–water partition coefficient (Wildman–Crippen LogP) is 2.41. The molecule has 0 bridgehead atoms. The lowest BCUT2D eigenvalue weighted by Crippen LogP contribution is -2.05. The van der Waals surface area contributed by atoms with Crippen LogP contribution in [0.1, 0.15) is 13.3 Å². The number of rotatable bonds is 5. The number of anilines is 1. The summed E-state index contributed by atoms with van der Waals surface area (Å²) in [7, 11) is -3.80. The third-order valence-corrected chi connectivity index (χ3v) is 6.41. The van der Waals surface area contributed by atoms with E-state index in [1.54, 1.807) is 18.2 Å². The van der Waals surface area contributed by atoms with Gasteiger partial charge in [-0.3, -0.25) is 0 Å². The Hall–Kier alpha value is -2.61. The van der Waals surface area contributed by atoms with Crippen LogP contribution in [0.25, 0.3) is 11.0 Å². The van der Waals surface area contributed by atoms with Crippen molar-refractivity contribution in [3.63, 3.8) is 0 Å². The minimum atomic E-state index is -3.80. The van der Waals surface area contributed by atoms with E-state index in [0.29, 0.717) is 29.8 Å². The summed E-state index contributed by atoms with van der Waals surface area (Å²) in [6.07, 6.45) is 2.43. The van der Waals surface area contributed by atoms with Gasteiger partial charge >= 0.3 is 0 Å². The van der Waals surface area contributed by atoms with E-state index < -0.39 is 9.84 Å². The number of ether oxygens (including phenoxy) is 1. The summed E-state index contributed by atoms with van der Waals surface area (Å²) >= 11 is 0. The van der Waals surface area contributed by atoms with Crippen LogP contribution in [-0.4, -0.2) is 30.0 Å². The number of nitrogens with one attached hydrogen (secondary N) is 1. The third kappa shape index (κ3) is 2.72. The predicted molar refractivity (Wildman–Crippen MR) is 93.0 cm³/mol. The SMILES string of the molecule is CC1CC1COc1ncnc2c(S(=O)(=O)c3ccccc3)c(N)[nH]c12. The Kier molecular flexibility index (Phi) is 3.64. The summed E-state index contributed by atoms with van der Waals surface area (Å²) in [4.78, 5) is 11.3. The summed E-state index contributed by atoms with van der Waals surface area (Å²) in [6.45, 7) is 2.72. The number of hydrogen-bond donors (Lipinski definition) is 2. The van der Waals surface area contributed by atoms with E-state index in [1.807, 2.05) is 0 Å². The van der Waals surface area contributed by atoms with Gasteiger partial charge in [-0.25, -0.2) is 13.4 Å². The van der Waals surface area contributed by atoms with Crippen LogP contribution >= 0.6 is 0 Å². The number of nitrogens with two attached hydrogens (primary N) is 1. The zero-order valence-corrected chi connectivity index (χ0v) is 14.5. The normalized spacial score (nSPS) is 19.9. The second-order valence-corrected chi connectivity index (χ2v) is 8.26. The number of nitrogens with zero attached hydrogens (tertiary/aromatic N) is 2. The average Bonchev–Trinajstić information content (AvgIpc) is 3.19. The van der Waals surface area contributed by atoms with Crippen molar-refractivity contribution < 1.29 is 13.2 Å². The number of aromatic amines is 1. The lowest BCUT2D eigenvalue weighted by atomic mass is 10.4. The van der Waals surface area contributed by atoms with E-state index in [4.69, 9.17) is 10.5 Å². The maximum absolute atomic E-state index is 13.0. The van der Waals surface area contributed by atoms with E-state index in [-0.39, 0.29) is 21.1 Å². The molecule has 2 unspecified atom stereocenters. The molecule has 0 aliphatic heterocycles. The standard InChI is InChI=1S/C17H18N4O3S/c1-10-7-11(10)8-24-17-14-13(19-9-20-17)15(16(18)21-14)25(22,23)12-5-3-2-4-6-12/h2-6,9-11,21H,7-8,18H2,1H3. The van der Waals surface area contributed by atoms with Crippen molar-refractivity contribution in [3.05, 3.63) is 36.7 Å². The average molecular weight is 358 g/mol. The first-order valence-corrected chi connectivity index (χ1v) is 9.52. The van der Waals surface area contributed by atoms with Crippen LogP contribution in [0.5, 0.6) is 5.88 Å². The molecule has 2 atom stereocenters. The van der Waals surface area contributed by atoms with Gasteiger partial charge < -0.3 is 15.5 Å². The van der Waals surface area contributed by atoms with Crippen LogP contribution in [0.3, 0.4) is 0 Å². The van der Waals surface area contributed by atoms with Crippen LogP contribution in [-0.2, 0) is 9.84 Å². The molecule has 3 aromatic rings. The highest BCUT2D eigenvalue weighted by Gasteiger charge is 2.34. The molecule has 4 rings (SSSR count). The summed E-state index contributed by atoms with van der Waals surface area (Å²) < 4.78 is 31.7. The fourth-order valence-electron chi connectivity index (χ4n) is 2.89. The van der Waals surface area contributed by atoms with E-state index in [1.165, 1.54) is 18.5 Å². The molecule has 1 aliphatic carbocycles. The molecule has 1 saturated carbocycles. The van der Waals surface area contributed by atoms with Gasteiger partial charge in [-0.1, -0.05) is 25.1 Å². The van der Waals surface area contributed by atoms with Gasteiger partial charge in [0.25, 0.3) is 0 Å². The number of nitrogen functional groups attached to an aromatic ring is 1. The van der Waals surface area contributed by atoms with E-state index in [0.717, 1.165) is 6.42 Å². The molecule has 7 nitrogen and oxygen atoms in total. The third-order valence-electron chi connectivity index (χ3n) is 4.56. The van der Waals surface area contributed by atoms with Crippen molar-refractivity contribution in [3.8, 4) is 5.88 Å². The number of aromatic nitrogens is 3. The molecule has 0 saturated heterocycles. The Morgan fingerprint density at radius 1 is 1.28 bits per heavy atom. The van der Waals surface area contributed by atoms with Crippen molar-refractivity contribution in [1.82, 2.24) is 15.0 Å². The molecule has 0 spiro atoms. The number of fused-ring (bicyclic) bond motifs is 1. The summed E-state index contributed by atoms with van der Waals surface area (Å²) in [5, 5.41) is 0. The molecule has 0 amide bonds. The lowest BCUT2D eigenvalue weighted by molar-refractivity contribution is 0.285. The second kappa shape index (κ2) is 5.73. The quantitative estimate of drug-likeness (QED) is 0.724. The summed E-state index contributed by atoms with van der Waals surface area (Å²) in [5.41, 5.74) is 6.63.